The number of hydrogen-bond donors (Lipinski definition) is 2. The molecule has 0 unspecified atom stereocenters. The first-order chi connectivity index (χ1) is 12.8. The van der Waals surface area contributed by atoms with Crippen molar-refractivity contribution < 1.29 is 4.79 Å². The highest BCUT2D eigenvalue weighted by Gasteiger charge is 2.25. The zero-order valence-electron chi connectivity index (χ0n) is 15.1. The van der Waals surface area contributed by atoms with Gasteiger partial charge < -0.3 is 10.6 Å². The lowest BCUT2D eigenvalue weighted by atomic mass is 9.82. The molecule has 2 aromatic rings. The van der Waals surface area contributed by atoms with Crippen molar-refractivity contribution in [3.05, 3.63) is 47.8 Å². The molecule has 2 fully saturated rings. The minimum absolute atomic E-state index is 0.0895. The highest BCUT2D eigenvalue weighted by molar-refractivity contribution is 5.92. The Morgan fingerprint density at radius 2 is 1.77 bits per heavy atom. The highest BCUT2D eigenvalue weighted by atomic mass is 16.2. The fourth-order valence-electron chi connectivity index (χ4n) is 4.19. The first-order valence-electron chi connectivity index (χ1n) is 9.78. The predicted octanol–water partition coefficient (Wildman–Crippen LogP) is 2.66. The van der Waals surface area contributed by atoms with Crippen LogP contribution in [0.15, 0.2) is 36.5 Å². The monoisotopic (exact) mass is 353 g/mol. The molecule has 0 spiro atoms. The number of nitrogens with zero attached hydrogens (tertiary/aromatic N) is 3. The molecule has 138 valence electrons. The second-order valence-corrected chi connectivity index (χ2v) is 7.50. The maximum absolute atomic E-state index is 12.5. The zero-order valence-corrected chi connectivity index (χ0v) is 15.1. The van der Waals surface area contributed by atoms with Crippen LogP contribution in [-0.4, -0.2) is 40.0 Å². The van der Waals surface area contributed by atoms with Gasteiger partial charge in [-0.25, -0.2) is 4.68 Å². The molecule has 6 nitrogen and oxygen atoms in total. The van der Waals surface area contributed by atoms with Crippen molar-refractivity contribution in [1.82, 2.24) is 25.6 Å². The van der Waals surface area contributed by atoms with Crippen LogP contribution in [0.5, 0.6) is 0 Å². The first-order valence-corrected chi connectivity index (χ1v) is 9.78. The number of carbonyl (C=O) groups is 1. The van der Waals surface area contributed by atoms with Gasteiger partial charge in [-0.05, 0) is 63.1 Å². The molecule has 0 bridgehead atoms. The summed E-state index contributed by atoms with van der Waals surface area (Å²) in [6.45, 7) is 1.99. The van der Waals surface area contributed by atoms with Crippen molar-refractivity contribution in [2.24, 2.45) is 0 Å². The van der Waals surface area contributed by atoms with Gasteiger partial charge in [-0.3, -0.25) is 4.79 Å². The van der Waals surface area contributed by atoms with Crippen LogP contribution in [0.25, 0.3) is 0 Å². The summed E-state index contributed by atoms with van der Waals surface area (Å²) in [4.78, 5) is 12.5. The molecule has 0 atom stereocenters. The smallest absolute Gasteiger partial charge is 0.273 e. The van der Waals surface area contributed by atoms with E-state index in [-0.39, 0.29) is 11.9 Å². The molecule has 1 aliphatic carbocycles. The molecule has 2 N–H and O–H groups in total. The van der Waals surface area contributed by atoms with Crippen LogP contribution in [0.2, 0.25) is 0 Å². The SMILES string of the molecule is O=C(NC1CCC(c2ccccc2)CC1)c1cn(C2CCNCC2)nn1. The second kappa shape index (κ2) is 7.99. The Balaban J connectivity index is 1.29. The summed E-state index contributed by atoms with van der Waals surface area (Å²) >= 11 is 0. The lowest BCUT2D eigenvalue weighted by Crippen LogP contribution is -2.37. The van der Waals surface area contributed by atoms with Gasteiger partial charge in [-0.2, -0.15) is 0 Å². The Morgan fingerprint density at radius 1 is 1.04 bits per heavy atom. The number of hydrogen-bond acceptors (Lipinski definition) is 4. The zero-order chi connectivity index (χ0) is 17.8. The number of aromatic nitrogens is 3. The summed E-state index contributed by atoms with van der Waals surface area (Å²) in [5.41, 5.74) is 1.86. The number of amides is 1. The minimum atomic E-state index is -0.0895. The van der Waals surface area contributed by atoms with Gasteiger partial charge in [0.05, 0.1) is 12.2 Å². The van der Waals surface area contributed by atoms with E-state index in [1.54, 1.807) is 6.20 Å². The van der Waals surface area contributed by atoms with Gasteiger partial charge in [0, 0.05) is 6.04 Å². The van der Waals surface area contributed by atoms with Crippen LogP contribution in [0.1, 0.15) is 66.5 Å². The van der Waals surface area contributed by atoms with Crippen LogP contribution in [0, 0.1) is 0 Å². The summed E-state index contributed by atoms with van der Waals surface area (Å²) in [5.74, 6) is 0.526. The summed E-state index contributed by atoms with van der Waals surface area (Å²) in [7, 11) is 0. The molecule has 1 saturated heterocycles. The summed E-state index contributed by atoms with van der Waals surface area (Å²) in [5, 5.41) is 14.8. The molecule has 1 amide bonds. The number of benzene rings is 1. The molecule has 1 aromatic heterocycles. The third-order valence-corrected chi connectivity index (χ3v) is 5.76. The maximum Gasteiger partial charge on any atom is 0.273 e. The van der Waals surface area contributed by atoms with Gasteiger partial charge in [0.2, 0.25) is 0 Å². The van der Waals surface area contributed by atoms with Crippen molar-refractivity contribution >= 4 is 5.91 Å². The largest absolute Gasteiger partial charge is 0.348 e. The normalized spacial score (nSPS) is 24.3. The van der Waals surface area contributed by atoms with Gasteiger partial charge in [0.25, 0.3) is 5.91 Å². The molecule has 1 aromatic carbocycles. The van der Waals surface area contributed by atoms with Crippen molar-refractivity contribution in [3.63, 3.8) is 0 Å². The van der Waals surface area contributed by atoms with Crippen LogP contribution in [0.4, 0.5) is 0 Å². The topological polar surface area (TPSA) is 71.8 Å². The maximum atomic E-state index is 12.5. The van der Waals surface area contributed by atoms with Crippen molar-refractivity contribution in [1.29, 1.82) is 0 Å². The number of carbonyl (C=O) groups excluding carboxylic acids is 1. The quantitative estimate of drug-likeness (QED) is 0.886. The molecule has 2 aliphatic rings. The van der Waals surface area contributed by atoms with Crippen LogP contribution < -0.4 is 10.6 Å². The minimum Gasteiger partial charge on any atom is -0.348 e. The van der Waals surface area contributed by atoms with Crippen LogP contribution in [0.3, 0.4) is 0 Å². The Morgan fingerprint density at radius 3 is 2.50 bits per heavy atom. The number of piperidine rings is 1. The predicted molar refractivity (Wildman–Crippen MR) is 100 cm³/mol. The average molecular weight is 353 g/mol. The van der Waals surface area contributed by atoms with Crippen molar-refractivity contribution in [2.45, 2.75) is 56.5 Å². The molecule has 0 radical (unpaired) electrons. The van der Waals surface area contributed by atoms with Crippen LogP contribution >= 0.6 is 0 Å². The van der Waals surface area contributed by atoms with E-state index in [0.29, 0.717) is 17.7 Å². The number of nitrogens with one attached hydrogen (secondary N) is 2. The van der Waals surface area contributed by atoms with E-state index >= 15 is 0 Å². The highest BCUT2D eigenvalue weighted by Crippen LogP contribution is 2.32. The molecule has 1 saturated carbocycles. The molecule has 1 aliphatic heterocycles. The van der Waals surface area contributed by atoms with Crippen LogP contribution in [-0.2, 0) is 0 Å². The van der Waals surface area contributed by atoms with Crippen molar-refractivity contribution in [3.8, 4) is 0 Å². The summed E-state index contributed by atoms with van der Waals surface area (Å²) < 4.78 is 1.86. The van der Waals surface area contributed by atoms with E-state index in [4.69, 9.17) is 0 Å². The fraction of sp³-hybridized carbons (Fsp3) is 0.550. The Bertz CT molecular complexity index is 715. The number of rotatable bonds is 4. The Hall–Kier alpha value is -2.21. The average Bonchev–Trinajstić information content (AvgIpc) is 3.20. The third-order valence-electron chi connectivity index (χ3n) is 5.76. The molecule has 2 heterocycles. The standard InChI is InChI=1S/C20H27N5O/c26-20(19-14-25(24-23-19)18-10-12-21-13-11-18)22-17-8-6-16(7-9-17)15-4-2-1-3-5-15/h1-5,14,16-18,21H,6-13H2,(H,22,26). The molecular weight excluding hydrogens is 326 g/mol. The lowest BCUT2D eigenvalue weighted by Gasteiger charge is -2.29. The van der Waals surface area contributed by atoms with Gasteiger partial charge >= 0.3 is 0 Å². The van der Waals surface area contributed by atoms with E-state index in [9.17, 15) is 4.79 Å². The summed E-state index contributed by atoms with van der Waals surface area (Å²) in [6.07, 6.45) is 8.16. The van der Waals surface area contributed by atoms with E-state index in [1.165, 1.54) is 5.56 Å². The van der Waals surface area contributed by atoms with Gasteiger partial charge in [-0.1, -0.05) is 35.5 Å². The van der Waals surface area contributed by atoms with E-state index in [2.05, 4.69) is 51.3 Å². The molecular formula is C20H27N5O. The fourth-order valence-corrected chi connectivity index (χ4v) is 4.19. The third kappa shape index (κ3) is 3.96. The van der Waals surface area contributed by atoms with Crippen molar-refractivity contribution in [2.75, 3.05) is 13.1 Å². The van der Waals surface area contributed by atoms with E-state index in [0.717, 1.165) is 51.6 Å². The van der Waals surface area contributed by atoms with Gasteiger partial charge in [-0.15, -0.1) is 5.10 Å². The van der Waals surface area contributed by atoms with Gasteiger partial charge in [0.15, 0.2) is 5.69 Å². The van der Waals surface area contributed by atoms with E-state index in [1.807, 2.05) is 4.68 Å². The Kier molecular flexibility index (Phi) is 5.29. The first kappa shape index (κ1) is 17.2. The Labute approximate surface area is 154 Å². The molecule has 6 heteroatoms. The second-order valence-electron chi connectivity index (χ2n) is 7.50. The summed E-state index contributed by atoms with van der Waals surface area (Å²) in [6, 6.07) is 11.3. The molecule has 4 rings (SSSR count). The lowest BCUT2D eigenvalue weighted by molar-refractivity contribution is 0.0920. The molecule has 26 heavy (non-hydrogen) atoms. The van der Waals surface area contributed by atoms with Gasteiger partial charge in [0.1, 0.15) is 0 Å². The van der Waals surface area contributed by atoms with E-state index < -0.39 is 0 Å².